The summed E-state index contributed by atoms with van der Waals surface area (Å²) in [5.74, 6) is -1.62. The molecule has 1 unspecified atom stereocenters. The number of rotatable bonds is 12. The largest absolute Gasteiger partial charge is 0.480 e. The molecular formula is C11H20N2O7. The Morgan fingerprint density at radius 1 is 1.20 bits per heavy atom. The summed E-state index contributed by atoms with van der Waals surface area (Å²) in [4.78, 5) is 35.6. The SMILES string of the molecule is NC(CCC(=O)OCCCCCCO[N+](=O)[O-])C(=O)O. The van der Waals surface area contributed by atoms with Gasteiger partial charge in [-0.15, -0.1) is 10.1 Å². The number of carbonyl (C=O) groups excluding carboxylic acids is 1. The number of hydrogen-bond acceptors (Lipinski definition) is 7. The third-order valence-corrected chi connectivity index (χ3v) is 2.48. The fraction of sp³-hybridized carbons (Fsp3) is 0.818. The second-order valence-electron chi connectivity index (χ2n) is 4.17. The topological polar surface area (TPSA) is 142 Å². The third-order valence-electron chi connectivity index (χ3n) is 2.48. The first-order valence-corrected chi connectivity index (χ1v) is 6.34. The second-order valence-corrected chi connectivity index (χ2v) is 4.17. The Hall–Kier alpha value is -1.90. The Kier molecular flexibility index (Phi) is 9.93. The first-order chi connectivity index (χ1) is 9.43. The van der Waals surface area contributed by atoms with E-state index in [2.05, 4.69) is 4.84 Å². The molecule has 0 saturated carbocycles. The first-order valence-electron chi connectivity index (χ1n) is 6.34. The minimum atomic E-state index is -1.14. The fourth-order valence-electron chi connectivity index (χ4n) is 1.35. The van der Waals surface area contributed by atoms with Gasteiger partial charge in [-0.05, 0) is 25.7 Å². The highest BCUT2D eigenvalue weighted by atomic mass is 16.9. The second kappa shape index (κ2) is 11.0. The molecule has 0 rings (SSSR count). The average Bonchev–Trinajstić information content (AvgIpc) is 2.38. The molecule has 0 saturated heterocycles. The maximum absolute atomic E-state index is 11.2. The van der Waals surface area contributed by atoms with Crippen molar-refractivity contribution in [1.29, 1.82) is 0 Å². The number of aliphatic carboxylic acids is 1. The van der Waals surface area contributed by atoms with Crippen molar-refractivity contribution in [2.75, 3.05) is 13.2 Å². The lowest BCUT2D eigenvalue weighted by molar-refractivity contribution is -0.757. The molecule has 0 fully saturated rings. The third kappa shape index (κ3) is 11.2. The van der Waals surface area contributed by atoms with Gasteiger partial charge in [-0.3, -0.25) is 9.59 Å². The van der Waals surface area contributed by atoms with Gasteiger partial charge in [0.25, 0.3) is 5.09 Å². The van der Waals surface area contributed by atoms with Crippen molar-refractivity contribution in [1.82, 2.24) is 0 Å². The van der Waals surface area contributed by atoms with Gasteiger partial charge in [-0.25, -0.2) is 0 Å². The molecule has 0 spiro atoms. The number of hydrogen-bond donors (Lipinski definition) is 2. The highest BCUT2D eigenvalue weighted by molar-refractivity contribution is 5.75. The van der Waals surface area contributed by atoms with Crippen LogP contribution in [0, 0.1) is 10.1 Å². The van der Waals surface area contributed by atoms with E-state index in [4.69, 9.17) is 15.6 Å². The van der Waals surface area contributed by atoms with E-state index in [1.165, 1.54) is 0 Å². The Bertz CT molecular complexity index is 322. The zero-order valence-electron chi connectivity index (χ0n) is 11.2. The van der Waals surface area contributed by atoms with Crippen LogP contribution in [0.25, 0.3) is 0 Å². The molecule has 20 heavy (non-hydrogen) atoms. The quantitative estimate of drug-likeness (QED) is 0.229. The van der Waals surface area contributed by atoms with Gasteiger partial charge in [0.05, 0.1) is 13.2 Å². The summed E-state index contributed by atoms with van der Waals surface area (Å²) in [6.45, 7) is 0.317. The van der Waals surface area contributed by atoms with Crippen LogP contribution in [0.2, 0.25) is 0 Å². The van der Waals surface area contributed by atoms with Gasteiger partial charge in [0.15, 0.2) is 0 Å². The number of nitrogens with two attached hydrogens (primary N) is 1. The summed E-state index contributed by atoms with van der Waals surface area (Å²) in [5.41, 5.74) is 5.24. The normalized spacial score (nSPS) is 11.7. The van der Waals surface area contributed by atoms with Crippen molar-refractivity contribution in [3.63, 3.8) is 0 Å². The van der Waals surface area contributed by atoms with Crippen molar-refractivity contribution in [2.24, 2.45) is 5.73 Å². The number of carbonyl (C=O) groups is 2. The average molecular weight is 292 g/mol. The van der Waals surface area contributed by atoms with Gasteiger partial charge in [0.2, 0.25) is 0 Å². The molecule has 0 aromatic rings. The number of carboxylic acids is 1. The molecule has 0 aliphatic carbocycles. The summed E-state index contributed by atoms with van der Waals surface area (Å²) < 4.78 is 4.89. The molecule has 0 aliphatic heterocycles. The Balaban J connectivity index is 3.35. The maximum Gasteiger partial charge on any atom is 0.320 e. The van der Waals surface area contributed by atoms with E-state index >= 15 is 0 Å². The van der Waals surface area contributed by atoms with Crippen LogP contribution in [0.4, 0.5) is 0 Å². The minimum Gasteiger partial charge on any atom is -0.480 e. The molecule has 9 heteroatoms. The molecule has 0 aromatic heterocycles. The lowest BCUT2D eigenvalue weighted by atomic mass is 10.2. The Morgan fingerprint density at radius 3 is 2.35 bits per heavy atom. The van der Waals surface area contributed by atoms with E-state index in [0.29, 0.717) is 12.8 Å². The van der Waals surface area contributed by atoms with Gasteiger partial charge in [0.1, 0.15) is 6.04 Å². The van der Waals surface area contributed by atoms with Crippen molar-refractivity contribution in [3.8, 4) is 0 Å². The zero-order chi connectivity index (χ0) is 15.4. The van der Waals surface area contributed by atoms with Crippen LogP contribution < -0.4 is 5.73 Å². The van der Waals surface area contributed by atoms with Crippen molar-refractivity contribution >= 4 is 11.9 Å². The van der Waals surface area contributed by atoms with Crippen molar-refractivity contribution in [2.45, 2.75) is 44.6 Å². The minimum absolute atomic E-state index is 0.0237. The van der Waals surface area contributed by atoms with Crippen LogP contribution in [0.5, 0.6) is 0 Å². The number of carboxylic acid groups (broad SMARTS) is 1. The summed E-state index contributed by atoms with van der Waals surface area (Å²) in [7, 11) is 0. The summed E-state index contributed by atoms with van der Waals surface area (Å²) >= 11 is 0. The standard InChI is InChI=1S/C11H20N2O7/c12-9(11(15)16)5-6-10(14)19-7-3-1-2-4-8-20-13(17)18/h9H,1-8,12H2,(H,15,16). The van der Waals surface area contributed by atoms with Gasteiger partial charge >= 0.3 is 11.9 Å². The lowest BCUT2D eigenvalue weighted by Crippen LogP contribution is -2.30. The molecule has 3 N–H and O–H groups in total. The molecule has 9 nitrogen and oxygen atoms in total. The van der Waals surface area contributed by atoms with E-state index in [1.54, 1.807) is 0 Å². The van der Waals surface area contributed by atoms with Crippen LogP contribution in [0.1, 0.15) is 38.5 Å². The number of unbranched alkanes of at least 4 members (excludes halogenated alkanes) is 3. The summed E-state index contributed by atoms with van der Waals surface area (Å²) in [6.07, 6.45) is 2.76. The lowest BCUT2D eigenvalue weighted by Gasteiger charge is -2.07. The van der Waals surface area contributed by atoms with E-state index in [0.717, 1.165) is 12.8 Å². The molecule has 0 bridgehead atoms. The van der Waals surface area contributed by atoms with Crippen LogP contribution in [0.3, 0.4) is 0 Å². The van der Waals surface area contributed by atoms with Crippen LogP contribution >= 0.6 is 0 Å². The van der Waals surface area contributed by atoms with Gasteiger partial charge in [-0.2, -0.15) is 0 Å². The monoisotopic (exact) mass is 292 g/mol. The highest BCUT2D eigenvalue weighted by Gasteiger charge is 2.13. The molecule has 0 amide bonds. The molecule has 116 valence electrons. The predicted octanol–water partition coefficient (Wildman–Crippen LogP) is 0.490. The summed E-state index contributed by atoms with van der Waals surface area (Å²) in [5, 5.41) is 17.5. The van der Waals surface area contributed by atoms with Crippen molar-refractivity contribution < 1.29 is 29.4 Å². The van der Waals surface area contributed by atoms with E-state index < -0.39 is 23.1 Å². The summed E-state index contributed by atoms with van der Waals surface area (Å²) in [6, 6.07) is -1.05. The van der Waals surface area contributed by atoms with E-state index in [1.807, 2.05) is 0 Å². The molecule has 0 aliphatic rings. The predicted molar refractivity (Wildman–Crippen MR) is 67.2 cm³/mol. The molecule has 0 aromatic carbocycles. The Labute approximate surface area is 116 Å². The van der Waals surface area contributed by atoms with Crippen LogP contribution in [-0.2, 0) is 19.2 Å². The van der Waals surface area contributed by atoms with Gasteiger partial charge in [0, 0.05) is 6.42 Å². The molecule has 1 atom stereocenters. The van der Waals surface area contributed by atoms with E-state index in [9.17, 15) is 19.7 Å². The number of esters is 1. The van der Waals surface area contributed by atoms with Crippen molar-refractivity contribution in [3.05, 3.63) is 10.1 Å². The molecule has 0 heterocycles. The number of ether oxygens (including phenoxy) is 1. The van der Waals surface area contributed by atoms with Crippen LogP contribution in [-0.4, -0.2) is 41.4 Å². The van der Waals surface area contributed by atoms with Gasteiger partial charge < -0.3 is 20.4 Å². The van der Waals surface area contributed by atoms with Gasteiger partial charge in [-0.1, -0.05) is 6.42 Å². The van der Waals surface area contributed by atoms with E-state index in [-0.39, 0.29) is 26.1 Å². The molecular weight excluding hydrogens is 272 g/mol. The molecule has 0 radical (unpaired) electrons. The number of nitrogens with zero attached hydrogens (tertiary/aromatic N) is 1. The van der Waals surface area contributed by atoms with Crippen LogP contribution in [0.15, 0.2) is 0 Å². The zero-order valence-corrected chi connectivity index (χ0v) is 11.2. The smallest absolute Gasteiger partial charge is 0.320 e. The first kappa shape index (κ1) is 18.1. The fourth-order valence-corrected chi connectivity index (χ4v) is 1.35. The highest BCUT2D eigenvalue weighted by Crippen LogP contribution is 2.02. The Morgan fingerprint density at radius 2 is 1.80 bits per heavy atom. The maximum atomic E-state index is 11.2.